The fourth-order valence-corrected chi connectivity index (χ4v) is 2.45. The van der Waals surface area contributed by atoms with Gasteiger partial charge in [-0.15, -0.1) is 10.2 Å². The monoisotopic (exact) mass is 273 g/mol. The van der Waals surface area contributed by atoms with E-state index in [1.165, 1.54) is 0 Å². The predicted octanol–water partition coefficient (Wildman–Crippen LogP) is 2.44. The lowest BCUT2D eigenvalue weighted by atomic mass is 9.86. The highest BCUT2D eigenvalue weighted by Crippen LogP contribution is 2.40. The average molecular weight is 273 g/mol. The smallest absolute Gasteiger partial charge is 0.303 e. The SMILES string of the molecule is O=C(O)CCCn1cnnc1C1CCC(F)(F)CC1. The molecule has 0 radical (unpaired) electrons. The van der Waals surface area contributed by atoms with Crippen molar-refractivity contribution in [2.45, 2.75) is 56.9 Å². The highest BCUT2D eigenvalue weighted by molar-refractivity contribution is 5.66. The molecule has 106 valence electrons. The molecule has 7 heteroatoms. The minimum atomic E-state index is -2.55. The summed E-state index contributed by atoms with van der Waals surface area (Å²) in [5.74, 6) is -2.68. The molecule has 1 N–H and O–H groups in total. The van der Waals surface area contributed by atoms with Crippen LogP contribution in [-0.4, -0.2) is 31.8 Å². The maximum Gasteiger partial charge on any atom is 0.303 e. The lowest BCUT2D eigenvalue weighted by Crippen LogP contribution is -2.25. The van der Waals surface area contributed by atoms with E-state index in [0.717, 1.165) is 0 Å². The van der Waals surface area contributed by atoms with Crippen LogP contribution in [0.25, 0.3) is 0 Å². The normalized spacial score (nSPS) is 19.5. The summed E-state index contributed by atoms with van der Waals surface area (Å²) in [7, 11) is 0. The van der Waals surface area contributed by atoms with Crippen molar-refractivity contribution in [3.05, 3.63) is 12.2 Å². The molecule has 1 saturated carbocycles. The first kappa shape index (κ1) is 13.9. The molecular formula is C12H17F2N3O2. The van der Waals surface area contributed by atoms with Crippen molar-refractivity contribution in [3.63, 3.8) is 0 Å². The molecule has 2 rings (SSSR count). The first-order valence-corrected chi connectivity index (χ1v) is 6.45. The molecule has 0 amide bonds. The molecule has 1 fully saturated rings. The number of nitrogens with zero attached hydrogens (tertiary/aromatic N) is 3. The van der Waals surface area contributed by atoms with Gasteiger partial charge in [0.1, 0.15) is 12.2 Å². The van der Waals surface area contributed by atoms with Crippen molar-refractivity contribution in [2.24, 2.45) is 0 Å². The topological polar surface area (TPSA) is 68.0 Å². The third-order valence-corrected chi connectivity index (χ3v) is 3.52. The summed E-state index contributed by atoms with van der Waals surface area (Å²) < 4.78 is 28.0. The third kappa shape index (κ3) is 3.71. The fraction of sp³-hybridized carbons (Fsp3) is 0.750. The van der Waals surface area contributed by atoms with Crippen LogP contribution in [0.3, 0.4) is 0 Å². The number of rotatable bonds is 5. The summed E-state index contributed by atoms with van der Waals surface area (Å²) in [4.78, 5) is 10.5. The van der Waals surface area contributed by atoms with Gasteiger partial charge in [0.2, 0.25) is 5.92 Å². The van der Waals surface area contributed by atoms with Crippen LogP contribution in [-0.2, 0) is 11.3 Å². The zero-order valence-corrected chi connectivity index (χ0v) is 10.6. The van der Waals surface area contributed by atoms with Crippen molar-refractivity contribution in [1.82, 2.24) is 14.8 Å². The predicted molar refractivity (Wildman–Crippen MR) is 63.0 cm³/mol. The van der Waals surface area contributed by atoms with Gasteiger partial charge in [0, 0.05) is 31.7 Å². The molecule has 5 nitrogen and oxygen atoms in total. The van der Waals surface area contributed by atoms with E-state index >= 15 is 0 Å². The first-order valence-electron chi connectivity index (χ1n) is 6.45. The number of hydrogen-bond donors (Lipinski definition) is 1. The molecule has 0 aromatic carbocycles. The van der Waals surface area contributed by atoms with Gasteiger partial charge in [0.15, 0.2) is 0 Å². The zero-order valence-electron chi connectivity index (χ0n) is 10.6. The van der Waals surface area contributed by atoms with Crippen LogP contribution in [0.1, 0.15) is 50.3 Å². The van der Waals surface area contributed by atoms with Gasteiger partial charge in [-0.25, -0.2) is 8.78 Å². The van der Waals surface area contributed by atoms with Gasteiger partial charge < -0.3 is 9.67 Å². The van der Waals surface area contributed by atoms with E-state index in [-0.39, 0.29) is 25.2 Å². The molecular weight excluding hydrogens is 256 g/mol. The number of aryl methyl sites for hydroxylation is 1. The largest absolute Gasteiger partial charge is 0.481 e. The van der Waals surface area contributed by atoms with Crippen molar-refractivity contribution >= 4 is 5.97 Å². The van der Waals surface area contributed by atoms with Crippen molar-refractivity contribution < 1.29 is 18.7 Å². The third-order valence-electron chi connectivity index (χ3n) is 3.52. The molecule has 1 heterocycles. The van der Waals surface area contributed by atoms with Crippen molar-refractivity contribution in [3.8, 4) is 0 Å². The summed E-state index contributed by atoms with van der Waals surface area (Å²) >= 11 is 0. The fourth-order valence-electron chi connectivity index (χ4n) is 2.45. The van der Waals surface area contributed by atoms with Gasteiger partial charge >= 0.3 is 5.97 Å². The van der Waals surface area contributed by atoms with E-state index in [2.05, 4.69) is 10.2 Å². The second-order valence-corrected chi connectivity index (χ2v) is 5.01. The van der Waals surface area contributed by atoms with E-state index in [0.29, 0.717) is 31.6 Å². The Hall–Kier alpha value is -1.53. The molecule has 1 aromatic rings. The summed E-state index contributed by atoms with van der Waals surface area (Å²) in [5.41, 5.74) is 0. The van der Waals surface area contributed by atoms with Gasteiger partial charge in [0.25, 0.3) is 0 Å². The molecule has 1 aromatic heterocycles. The number of halogens is 2. The number of carbonyl (C=O) groups is 1. The molecule has 0 aliphatic heterocycles. The van der Waals surface area contributed by atoms with Crippen molar-refractivity contribution in [2.75, 3.05) is 0 Å². The van der Waals surface area contributed by atoms with E-state index in [4.69, 9.17) is 5.11 Å². The van der Waals surface area contributed by atoms with E-state index in [1.54, 1.807) is 10.9 Å². The van der Waals surface area contributed by atoms with Gasteiger partial charge in [0.05, 0.1) is 0 Å². The average Bonchev–Trinajstić information content (AvgIpc) is 2.77. The lowest BCUT2D eigenvalue weighted by Gasteiger charge is -2.27. The van der Waals surface area contributed by atoms with Gasteiger partial charge in [-0.05, 0) is 19.3 Å². The van der Waals surface area contributed by atoms with Gasteiger partial charge in [-0.1, -0.05) is 0 Å². The minimum Gasteiger partial charge on any atom is -0.481 e. The number of aromatic nitrogens is 3. The van der Waals surface area contributed by atoms with E-state index in [1.807, 2.05) is 0 Å². The highest BCUT2D eigenvalue weighted by atomic mass is 19.3. The molecule has 0 spiro atoms. The van der Waals surface area contributed by atoms with Gasteiger partial charge in [-0.2, -0.15) is 0 Å². The summed E-state index contributed by atoms with van der Waals surface area (Å²) in [6.07, 6.45) is 2.71. The van der Waals surface area contributed by atoms with Crippen molar-refractivity contribution in [1.29, 1.82) is 0 Å². The second-order valence-electron chi connectivity index (χ2n) is 5.01. The summed E-state index contributed by atoms with van der Waals surface area (Å²) in [5, 5.41) is 16.4. The van der Waals surface area contributed by atoms with Crippen LogP contribution in [0.15, 0.2) is 6.33 Å². The molecule has 0 unspecified atom stereocenters. The van der Waals surface area contributed by atoms with Crippen LogP contribution < -0.4 is 0 Å². The van der Waals surface area contributed by atoms with Crippen LogP contribution >= 0.6 is 0 Å². The lowest BCUT2D eigenvalue weighted by molar-refractivity contribution is -0.137. The maximum atomic E-state index is 13.1. The molecule has 19 heavy (non-hydrogen) atoms. The summed E-state index contributed by atoms with van der Waals surface area (Å²) in [6.45, 7) is 0.515. The molecule has 0 bridgehead atoms. The number of hydrogen-bond acceptors (Lipinski definition) is 3. The molecule has 1 aliphatic rings. The molecule has 0 saturated heterocycles. The number of carboxylic acids is 1. The number of alkyl halides is 2. The first-order chi connectivity index (χ1) is 8.98. The Balaban J connectivity index is 1.94. The Morgan fingerprint density at radius 2 is 2.16 bits per heavy atom. The maximum absolute atomic E-state index is 13.1. The Bertz CT molecular complexity index is 438. The Kier molecular flexibility index (Phi) is 4.11. The van der Waals surface area contributed by atoms with E-state index < -0.39 is 11.9 Å². The minimum absolute atomic E-state index is 0.00644. The Morgan fingerprint density at radius 1 is 1.47 bits per heavy atom. The standard InChI is InChI=1S/C12H17F2N3O2/c13-12(14)5-3-9(4-6-12)11-16-15-8-17(11)7-1-2-10(18)19/h8-9H,1-7H2,(H,18,19). The summed E-state index contributed by atoms with van der Waals surface area (Å²) in [6, 6.07) is 0. The Labute approximate surface area is 109 Å². The van der Waals surface area contributed by atoms with E-state index in [9.17, 15) is 13.6 Å². The number of aliphatic carboxylic acids is 1. The van der Waals surface area contributed by atoms with Crippen LogP contribution in [0, 0.1) is 0 Å². The second kappa shape index (κ2) is 5.63. The Morgan fingerprint density at radius 3 is 2.79 bits per heavy atom. The van der Waals surface area contributed by atoms with Crippen LogP contribution in [0.2, 0.25) is 0 Å². The molecule has 0 atom stereocenters. The molecule has 1 aliphatic carbocycles. The highest BCUT2D eigenvalue weighted by Gasteiger charge is 2.36. The van der Waals surface area contributed by atoms with Crippen LogP contribution in [0.5, 0.6) is 0 Å². The quantitative estimate of drug-likeness (QED) is 0.894. The zero-order chi connectivity index (χ0) is 13.9. The van der Waals surface area contributed by atoms with Gasteiger partial charge in [-0.3, -0.25) is 4.79 Å². The van der Waals surface area contributed by atoms with Crippen LogP contribution in [0.4, 0.5) is 8.78 Å². The number of carboxylic acid groups (broad SMARTS) is 1.